The van der Waals surface area contributed by atoms with Crippen molar-refractivity contribution in [3.05, 3.63) is 24.6 Å². The number of nitrogens with zero attached hydrogens (tertiary/aromatic N) is 1. The van der Waals surface area contributed by atoms with Crippen LogP contribution in [0.4, 0.5) is 6.01 Å². The Morgan fingerprint density at radius 2 is 2.64 bits per heavy atom. The van der Waals surface area contributed by atoms with Crippen LogP contribution in [0.2, 0.25) is 0 Å². The summed E-state index contributed by atoms with van der Waals surface area (Å²) in [5, 5.41) is 2.38. The molecule has 0 aliphatic carbocycles. The van der Waals surface area contributed by atoms with Crippen molar-refractivity contribution in [2.24, 2.45) is 0 Å². The minimum atomic E-state index is -0.327. The predicted molar refractivity (Wildman–Crippen MR) is 40.1 cm³/mol. The molecule has 0 radical (unpaired) electrons. The fraction of sp³-hybridized carbons (Fsp3) is 0.143. The van der Waals surface area contributed by atoms with E-state index in [0.29, 0.717) is 0 Å². The summed E-state index contributed by atoms with van der Waals surface area (Å²) in [7, 11) is 0. The molecule has 0 aliphatic heterocycles. The van der Waals surface area contributed by atoms with E-state index in [1.54, 1.807) is 6.92 Å². The van der Waals surface area contributed by atoms with Crippen LogP contribution >= 0.6 is 0 Å². The van der Waals surface area contributed by atoms with Crippen molar-refractivity contribution >= 4 is 11.9 Å². The van der Waals surface area contributed by atoms with E-state index >= 15 is 0 Å². The molecule has 1 aromatic heterocycles. The van der Waals surface area contributed by atoms with Crippen LogP contribution in [0.1, 0.15) is 5.69 Å². The van der Waals surface area contributed by atoms with Crippen molar-refractivity contribution in [2.75, 3.05) is 5.32 Å². The number of hydrogen-bond acceptors (Lipinski definition) is 3. The second kappa shape index (κ2) is 3.01. The van der Waals surface area contributed by atoms with E-state index in [9.17, 15) is 4.79 Å². The number of amides is 1. The van der Waals surface area contributed by atoms with Crippen molar-refractivity contribution in [3.63, 3.8) is 0 Å². The van der Waals surface area contributed by atoms with E-state index < -0.39 is 0 Å². The zero-order valence-corrected chi connectivity index (χ0v) is 6.13. The summed E-state index contributed by atoms with van der Waals surface area (Å²) in [6.07, 6.45) is 2.61. The Labute approximate surface area is 63.9 Å². The molecule has 1 heterocycles. The number of carbonyl (C=O) groups excluding carboxylic acids is 1. The van der Waals surface area contributed by atoms with Crippen LogP contribution in [-0.4, -0.2) is 10.9 Å². The Morgan fingerprint density at radius 1 is 1.91 bits per heavy atom. The monoisotopic (exact) mass is 152 g/mol. The fourth-order valence-electron chi connectivity index (χ4n) is 0.568. The summed E-state index contributed by atoms with van der Waals surface area (Å²) in [5.41, 5.74) is 0.726. The third kappa shape index (κ3) is 1.93. The molecule has 11 heavy (non-hydrogen) atoms. The molecule has 1 amide bonds. The van der Waals surface area contributed by atoms with Crippen LogP contribution < -0.4 is 5.32 Å². The standard InChI is InChI=1S/C7H8N2O2/c1-3-6(10)9-7-8-5(2)4-11-7/h3-4H,1H2,2H3,(H,8,9,10). The fourth-order valence-corrected chi connectivity index (χ4v) is 0.568. The van der Waals surface area contributed by atoms with Crippen molar-refractivity contribution in [3.8, 4) is 0 Å². The maximum absolute atomic E-state index is 10.7. The molecule has 0 saturated heterocycles. The number of nitrogens with one attached hydrogen (secondary N) is 1. The third-order valence-electron chi connectivity index (χ3n) is 1.03. The van der Waals surface area contributed by atoms with Crippen LogP contribution in [0.15, 0.2) is 23.3 Å². The zero-order chi connectivity index (χ0) is 8.27. The van der Waals surface area contributed by atoms with Gasteiger partial charge in [-0.2, -0.15) is 4.98 Å². The van der Waals surface area contributed by atoms with E-state index in [1.165, 1.54) is 6.26 Å². The van der Waals surface area contributed by atoms with Gasteiger partial charge in [0.1, 0.15) is 6.26 Å². The molecule has 0 saturated carbocycles. The molecule has 0 atom stereocenters. The molecule has 0 spiro atoms. The number of aromatic nitrogens is 1. The van der Waals surface area contributed by atoms with Gasteiger partial charge >= 0.3 is 6.01 Å². The number of carbonyl (C=O) groups is 1. The lowest BCUT2D eigenvalue weighted by Crippen LogP contribution is -2.07. The normalized spacial score (nSPS) is 9.18. The van der Waals surface area contributed by atoms with E-state index in [0.717, 1.165) is 11.8 Å². The Balaban J connectivity index is 2.64. The van der Waals surface area contributed by atoms with Gasteiger partial charge in [-0.3, -0.25) is 10.1 Å². The van der Waals surface area contributed by atoms with Gasteiger partial charge in [-0.15, -0.1) is 0 Å². The summed E-state index contributed by atoms with van der Waals surface area (Å²) in [4.78, 5) is 14.5. The highest BCUT2D eigenvalue weighted by Crippen LogP contribution is 2.05. The van der Waals surface area contributed by atoms with Crippen molar-refractivity contribution in [1.82, 2.24) is 4.98 Å². The van der Waals surface area contributed by atoms with Gasteiger partial charge in [0.15, 0.2) is 0 Å². The Morgan fingerprint density at radius 3 is 3.09 bits per heavy atom. The second-order valence-corrected chi connectivity index (χ2v) is 1.99. The van der Waals surface area contributed by atoms with Crippen LogP contribution in [0.5, 0.6) is 0 Å². The SMILES string of the molecule is C=CC(=O)Nc1nc(C)co1. The quantitative estimate of drug-likeness (QED) is 0.646. The van der Waals surface area contributed by atoms with Crippen LogP contribution in [0, 0.1) is 6.92 Å². The molecule has 1 aromatic rings. The summed E-state index contributed by atoms with van der Waals surface area (Å²) < 4.78 is 4.85. The number of anilines is 1. The van der Waals surface area contributed by atoms with Gasteiger partial charge in [0.2, 0.25) is 0 Å². The number of rotatable bonds is 2. The molecule has 0 aliphatic rings. The number of oxazole rings is 1. The molecule has 1 rings (SSSR count). The minimum Gasteiger partial charge on any atom is -0.432 e. The summed E-state index contributed by atoms with van der Waals surface area (Å²) >= 11 is 0. The van der Waals surface area contributed by atoms with Crippen LogP contribution in [0.3, 0.4) is 0 Å². The summed E-state index contributed by atoms with van der Waals surface area (Å²) in [5.74, 6) is -0.327. The van der Waals surface area contributed by atoms with Gasteiger partial charge in [-0.25, -0.2) is 0 Å². The molecule has 0 bridgehead atoms. The summed E-state index contributed by atoms with van der Waals surface area (Å²) in [6, 6.07) is 0.201. The second-order valence-electron chi connectivity index (χ2n) is 1.99. The maximum Gasteiger partial charge on any atom is 0.301 e. The van der Waals surface area contributed by atoms with E-state index in [2.05, 4.69) is 16.9 Å². The van der Waals surface area contributed by atoms with Gasteiger partial charge in [0.25, 0.3) is 5.91 Å². The Hall–Kier alpha value is -1.58. The molecule has 1 N–H and O–H groups in total. The smallest absolute Gasteiger partial charge is 0.301 e. The minimum absolute atomic E-state index is 0.201. The van der Waals surface area contributed by atoms with Crippen LogP contribution in [-0.2, 0) is 4.79 Å². The first-order valence-corrected chi connectivity index (χ1v) is 3.08. The first kappa shape index (κ1) is 7.53. The molecule has 4 heteroatoms. The van der Waals surface area contributed by atoms with Crippen molar-refractivity contribution < 1.29 is 9.21 Å². The highest BCUT2D eigenvalue weighted by molar-refractivity contribution is 5.97. The topological polar surface area (TPSA) is 55.1 Å². The lowest BCUT2D eigenvalue weighted by atomic mass is 10.6. The van der Waals surface area contributed by atoms with Crippen molar-refractivity contribution in [1.29, 1.82) is 0 Å². The van der Waals surface area contributed by atoms with E-state index in [-0.39, 0.29) is 11.9 Å². The molecule has 0 fully saturated rings. The molecule has 4 nitrogen and oxygen atoms in total. The molecular weight excluding hydrogens is 144 g/mol. The third-order valence-corrected chi connectivity index (χ3v) is 1.03. The zero-order valence-electron chi connectivity index (χ0n) is 6.13. The van der Waals surface area contributed by atoms with Gasteiger partial charge in [-0.05, 0) is 13.0 Å². The maximum atomic E-state index is 10.7. The first-order valence-electron chi connectivity index (χ1n) is 3.08. The lowest BCUT2D eigenvalue weighted by Gasteiger charge is -1.91. The average Bonchev–Trinajstić information content (AvgIpc) is 2.35. The number of aryl methyl sites for hydroxylation is 1. The highest BCUT2D eigenvalue weighted by Gasteiger charge is 2.01. The van der Waals surface area contributed by atoms with E-state index in [1.807, 2.05) is 0 Å². The molecule has 0 unspecified atom stereocenters. The van der Waals surface area contributed by atoms with Gasteiger partial charge in [-0.1, -0.05) is 6.58 Å². The molecule has 0 aromatic carbocycles. The van der Waals surface area contributed by atoms with Crippen molar-refractivity contribution in [2.45, 2.75) is 6.92 Å². The predicted octanol–water partition coefficient (Wildman–Crippen LogP) is 1.11. The summed E-state index contributed by atoms with van der Waals surface area (Å²) in [6.45, 7) is 5.05. The van der Waals surface area contributed by atoms with Crippen LogP contribution in [0.25, 0.3) is 0 Å². The highest BCUT2D eigenvalue weighted by atomic mass is 16.4. The van der Waals surface area contributed by atoms with Gasteiger partial charge in [0.05, 0.1) is 5.69 Å². The molecular formula is C7H8N2O2. The van der Waals surface area contributed by atoms with E-state index in [4.69, 9.17) is 4.42 Å². The Bertz CT molecular complexity index is 278. The molecule has 58 valence electrons. The first-order chi connectivity index (χ1) is 5.22. The van der Waals surface area contributed by atoms with Gasteiger partial charge < -0.3 is 4.42 Å². The largest absolute Gasteiger partial charge is 0.432 e. The number of hydrogen-bond donors (Lipinski definition) is 1. The Kier molecular flexibility index (Phi) is 2.06. The average molecular weight is 152 g/mol. The van der Waals surface area contributed by atoms with Gasteiger partial charge in [0, 0.05) is 0 Å². The lowest BCUT2D eigenvalue weighted by molar-refractivity contribution is -0.112.